The average molecular weight is 314 g/mol. The van der Waals surface area contributed by atoms with Gasteiger partial charge in [-0.1, -0.05) is 18.2 Å². The fraction of sp³-hybridized carbons (Fsp3) is 0.0625. The number of carbonyl (C=O) groups is 1. The predicted octanol–water partition coefficient (Wildman–Crippen LogP) is 3.97. The molecule has 0 saturated heterocycles. The van der Waals surface area contributed by atoms with Gasteiger partial charge < -0.3 is 5.32 Å². The van der Waals surface area contributed by atoms with Crippen LogP contribution >= 0.6 is 11.8 Å². The molecule has 0 fully saturated rings. The van der Waals surface area contributed by atoms with E-state index in [2.05, 4.69) is 5.32 Å². The van der Waals surface area contributed by atoms with Crippen molar-refractivity contribution >= 4 is 35.1 Å². The van der Waals surface area contributed by atoms with Gasteiger partial charge in [0.1, 0.15) is 0 Å². The molecule has 1 N–H and O–H groups in total. The summed E-state index contributed by atoms with van der Waals surface area (Å²) in [7, 11) is 0. The minimum atomic E-state index is -0.501. The van der Waals surface area contributed by atoms with Gasteiger partial charge in [0.15, 0.2) is 0 Å². The van der Waals surface area contributed by atoms with Gasteiger partial charge in [-0.2, -0.15) is 0 Å². The second-order valence-corrected chi connectivity index (χ2v) is 5.28. The maximum atomic E-state index is 11.8. The van der Waals surface area contributed by atoms with Gasteiger partial charge in [-0.3, -0.25) is 14.9 Å². The SMILES string of the molecule is CSc1ccc(/C=C/C(=O)Nc2cccc([N+](=O)[O-])c2)cc1. The van der Waals surface area contributed by atoms with Crippen LogP contribution < -0.4 is 5.32 Å². The predicted molar refractivity (Wildman–Crippen MR) is 89.0 cm³/mol. The number of nitro groups is 1. The molecule has 2 aromatic rings. The van der Waals surface area contributed by atoms with E-state index in [1.165, 1.54) is 24.3 Å². The topological polar surface area (TPSA) is 72.2 Å². The zero-order valence-electron chi connectivity index (χ0n) is 11.9. The normalized spacial score (nSPS) is 10.6. The second-order valence-electron chi connectivity index (χ2n) is 4.40. The van der Waals surface area contributed by atoms with Gasteiger partial charge in [-0.15, -0.1) is 11.8 Å². The highest BCUT2D eigenvalue weighted by atomic mass is 32.2. The molecule has 1 amide bonds. The Bertz CT molecular complexity index is 712. The van der Waals surface area contributed by atoms with Crippen LogP contribution in [0.25, 0.3) is 6.08 Å². The lowest BCUT2D eigenvalue weighted by atomic mass is 10.2. The summed E-state index contributed by atoms with van der Waals surface area (Å²) in [5, 5.41) is 13.3. The second kappa shape index (κ2) is 7.42. The molecular weight excluding hydrogens is 300 g/mol. The molecule has 112 valence electrons. The fourth-order valence-electron chi connectivity index (χ4n) is 1.77. The van der Waals surface area contributed by atoms with Crippen molar-refractivity contribution in [1.82, 2.24) is 0 Å². The van der Waals surface area contributed by atoms with E-state index in [9.17, 15) is 14.9 Å². The Hall–Kier alpha value is -2.60. The van der Waals surface area contributed by atoms with E-state index in [1.807, 2.05) is 30.5 Å². The minimum Gasteiger partial charge on any atom is -0.322 e. The van der Waals surface area contributed by atoms with E-state index in [-0.39, 0.29) is 11.6 Å². The number of nitrogens with zero attached hydrogens (tertiary/aromatic N) is 1. The molecule has 2 aromatic carbocycles. The lowest BCUT2D eigenvalue weighted by Gasteiger charge is -2.01. The quantitative estimate of drug-likeness (QED) is 0.392. The van der Waals surface area contributed by atoms with Gasteiger partial charge in [0.2, 0.25) is 5.91 Å². The van der Waals surface area contributed by atoms with Gasteiger partial charge in [-0.25, -0.2) is 0 Å². The first-order valence-electron chi connectivity index (χ1n) is 6.46. The molecule has 0 atom stereocenters. The van der Waals surface area contributed by atoms with E-state index in [1.54, 1.807) is 23.9 Å². The van der Waals surface area contributed by atoms with Gasteiger partial charge >= 0.3 is 0 Å². The minimum absolute atomic E-state index is 0.0607. The Morgan fingerprint density at radius 3 is 2.59 bits per heavy atom. The summed E-state index contributed by atoms with van der Waals surface area (Å²) >= 11 is 1.65. The number of rotatable bonds is 5. The van der Waals surface area contributed by atoms with Crippen molar-refractivity contribution < 1.29 is 9.72 Å². The van der Waals surface area contributed by atoms with Crippen molar-refractivity contribution in [2.45, 2.75) is 4.90 Å². The zero-order valence-corrected chi connectivity index (χ0v) is 12.7. The summed E-state index contributed by atoms with van der Waals surface area (Å²) < 4.78 is 0. The monoisotopic (exact) mass is 314 g/mol. The molecule has 0 bridgehead atoms. The maximum absolute atomic E-state index is 11.8. The van der Waals surface area contributed by atoms with Crippen molar-refractivity contribution in [3.8, 4) is 0 Å². The molecular formula is C16H14N2O3S. The Balaban J connectivity index is 2.01. The first-order valence-corrected chi connectivity index (χ1v) is 7.68. The first kappa shape index (κ1) is 15.8. The van der Waals surface area contributed by atoms with Gasteiger partial charge in [-0.05, 0) is 36.1 Å². The molecule has 0 aromatic heterocycles. The van der Waals surface area contributed by atoms with Crippen LogP contribution in [-0.2, 0) is 4.79 Å². The summed E-state index contributed by atoms with van der Waals surface area (Å²) in [6.07, 6.45) is 5.08. The lowest BCUT2D eigenvalue weighted by molar-refractivity contribution is -0.384. The van der Waals surface area contributed by atoms with Crippen molar-refractivity contribution in [3.05, 3.63) is 70.3 Å². The van der Waals surface area contributed by atoms with Crippen LogP contribution in [0.5, 0.6) is 0 Å². The van der Waals surface area contributed by atoms with Crippen LogP contribution in [0, 0.1) is 10.1 Å². The highest BCUT2D eigenvalue weighted by Crippen LogP contribution is 2.17. The molecule has 0 aliphatic heterocycles. The van der Waals surface area contributed by atoms with Crippen molar-refractivity contribution in [2.24, 2.45) is 0 Å². The van der Waals surface area contributed by atoms with Crippen LogP contribution in [0.4, 0.5) is 11.4 Å². The van der Waals surface area contributed by atoms with E-state index < -0.39 is 4.92 Å². The number of hydrogen-bond donors (Lipinski definition) is 1. The summed E-state index contributed by atoms with van der Waals surface area (Å²) in [4.78, 5) is 23.1. The Labute approximate surface area is 132 Å². The first-order chi connectivity index (χ1) is 10.6. The Kier molecular flexibility index (Phi) is 5.32. The summed E-state index contributed by atoms with van der Waals surface area (Å²) in [6, 6.07) is 13.6. The van der Waals surface area contributed by atoms with Gasteiger partial charge in [0, 0.05) is 28.8 Å². The lowest BCUT2D eigenvalue weighted by Crippen LogP contribution is -2.07. The van der Waals surface area contributed by atoms with Crippen LogP contribution in [0.3, 0.4) is 0 Å². The van der Waals surface area contributed by atoms with Crippen LogP contribution in [0.15, 0.2) is 59.5 Å². The number of nitrogens with one attached hydrogen (secondary N) is 1. The van der Waals surface area contributed by atoms with Crippen molar-refractivity contribution in [1.29, 1.82) is 0 Å². The Morgan fingerprint density at radius 2 is 1.95 bits per heavy atom. The fourth-order valence-corrected chi connectivity index (χ4v) is 2.18. The maximum Gasteiger partial charge on any atom is 0.271 e. The number of amides is 1. The molecule has 0 aliphatic rings. The molecule has 0 heterocycles. The standard InChI is InChI=1S/C16H14N2O3S/c1-22-15-8-5-12(6-9-15)7-10-16(19)17-13-3-2-4-14(11-13)18(20)21/h2-11H,1H3,(H,17,19)/b10-7+. The summed E-state index contributed by atoms with van der Waals surface area (Å²) in [5.41, 5.74) is 1.24. The molecule has 2 rings (SSSR count). The Morgan fingerprint density at radius 1 is 1.23 bits per heavy atom. The molecule has 0 unspecified atom stereocenters. The molecule has 6 heteroatoms. The van der Waals surface area contributed by atoms with E-state index in [4.69, 9.17) is 0 Å². The van der Waals surface area contributed by atoms with E-state index >= 15 is 0 Å². The third-order valence-corrected chi connectivity index (χ3v) is 3.61. The molecule has 0 saturated carbocycles. The smallest absolute Gasteiger partial charge is 0.271 e. The summed E-state index contributed by atoms with van der Waals surface area (Å²) in [5.74, 6) is -0.338. The van der Waals surface area contributed by atoms with E-state index in [0.717, 1.165) is 10.5 Å². The zero-order chi connectivity index (χ0) is 15.9. The number of carbonyl (C=O) groups excluding carboxylic acids is 1. The molecule has 22 heavy (non-hydrogen) atoms. The molecule has 0 aliphatic carbocycles. The number of nitro benzene ring substituents is 1. The average Bonchev–Trinajstić information content (AvgIpc) is 2.53. The number of thioether (sulfide) groups is 1. The molecule has 5 nitrogen and oxygen atoms in total. The van der Waals surface area contributed by atoms with Crippen LogP contribution in [0.2, 0.25) is 0 Å². The van der Waals surface area contributed by atoms with Crippen molar-refractivity contribution in [2.75, 3.05) is 11.6 Å². The number of non-ortho nitro benzene ring substituents is 1. The number of benzene rings is 2. The third kappa shape index (κ3) is 4.46. The van der Waals surface area contributed by atoms with Gasteiger partial charge in [0.05, 0.1) is 4.92 Å². The summed E-state index contributed by atoms with van der Waals surface area (Å²) in [6.45, 7) is 0. The number of anilines is 1. The van der Waals surface area contributed by atoms with Crippen LogP contribution in [0.1, 0.15) is 5.56 Å². The largest absolute Gasteiger partial charge is 0.322 e. The number of hydrogen-bond acceptors (Lipinski definition) is 4. The van der Waals surface area contributed by atoms with Crippen molar-refractivity contribution in [3.63, 3.8) is 0 Å². The highest BCUT2D eigenvalue weighted by molar-refractivity contribution is 7.98. The van der Waals surface area contributed by atoms with Gasteiger partial charge in [0.25, 0.3) is 5.69 Å². The highest BCUT2D eigenvalue weighted by Gasteiger charge is 2.06. The van der Waals surface area contributed by atoms with E-state index in [0.29, 0.717) is 5.69 Å². The molecule has 0 spiro atoms. The van der Waals surface area contributed by atoms with Crippen LogP contribution in [-0.4, -0.2) is 17.1 Å². The third-order valence-electron chi connectivity index (χ3n) is 2.87. The molecule has 0 radical (unpaired) electrons.